The molecule has 1 aliphatic rings. The maximum atomic E-state index is 12.0. The van der Waals surface area contributed by atoms with Gasteiger partial charge in [0.15, 0.2) is 0 Å². The van der Waals surface area contributed by atoms with E-state index in [0.717, 1.165) is 44.2 Å². The van der Waals surface area contributed by atoms with E-state index in [1.165, 1.54) is 11.8 Å². The molecule has 21 heteroatoms. The molecule has 4 aromatic rings. The lowest BCUT2D eigenvalue weighted by Gasteiger charge is -2.39. The first kappa shape index (κ1) is 82.9. The third kappa shape index (κ3) is 33.3. The Bertz CT molecular complexity index is 3050. The first-order valence-electron chi connectivity index (χ1n) is 31.6. The van der Waals surface area contributed by atoms with Crippen molar-refractivity contribution in [2.45, 2.75) is 224 Å². The van der Waals surface area contributed by atoms with Crippen LogP contribution in [0, 0.1) is 28.1 Å². The van der Waals surface area contributed by atoms with Gasteiger partial charge in [0, 0.05) is 44.3 Å². The Kier molecular flexibility index (Phi) is 32.8. The fourth-order valence-corrected chi connectivity index (χ4v) is 8.73. The van der Waals surface area contributed by atoms with Gasteiger partial charge in [-0.2, -0.15) is 0 Å². The van der Waals surface area contributed by atoms with Crippen molar-refractivity contribution >= 4 is 71.2 Å². The van der Waals surface area contributed by atoms with Crippen LogP contribution in [-0.4, -0.2) is 123 Å². The zero-order valence-electron chi connectivity index (χ0n) is 59.6. The molecule has 0 aromatic heterocycles. The maximum Gasteiger partial charge on any atom is 0.335 e. The van der Waals surface area contributed by atoms with Gasteiger partial charge in [-0.15, -0.1) is 11.8 Å². The predicted octanol–water partition coefficient (Wildman–Crippen LogP) is 13.7. The minimum atomic E-state index is -1.63. The van der Waals surface area contributed by atoms with Crippen LogP contribution >= 0.6 is 11.8 Å². The molecule has 94 heavy (non-hydrogen) atoms. The van der Waals surface area contributed by atoms with Crippen LogP contribution < -0.4 is 20.7 Å². The van der Waals surface area contributed by atoms with Crippen LogP contribution in [0.5, 0.6) is 5.75 Å². The molecular formula is C73H109N3O17S. The Morgan fingerprint density at radius 2 is 1.03 bits per heavy atom. The third-order valence-corrected chi connectivity index (χ3v) is 13.5. The van der Waals surface area contributed by atoms with Crippen LogP contribution in [0.2, 0.25) is 0 Å². The zero-order valence-corrected chi connectivity index (χ0v) is 60.4. The number of nitrogens with one attached hydrogen (secondary N) is 3. The fourth-order valence-electron chi connectivity index (χ4n) is 7.91. The van der Waals surface area contributed by atoms with Gasteiger partial charge in [-0.05, 0) is 220 Å². The molecule has 4 aromatic carbocycles. The number of thioether (sulfide) groups is 1. The Labute approximate surface area is 563 Å². The first-order chi connectivity index (χ1) is 43.2. The summed E-state index contributed by atoms with van der Waals surface area (Å²) in [6.07, 6.45) is -3.24. The van der Waals surface area contributed by atoms with Gasteiger partial charge in [-0.25, -0.2) is 4.79 Å². The van der Waals surface area contributed by atoms with Crippen LogP contribution in [-0.2, 0) is 72.0 Å². The van der Waals surface area contributed by atoms with E-state index in [9.17, 15) is 49.2 Å². The average Bonchev–Trinajstić information content (AvgIpc) is 0.835. The largest absolute Gasteiger partial charge is 0.478 e. The molecule has 0 amide bonds. The number of carbonyl (C=O) groups is 6. The van der Waals surface area contributed by atoms with Crippen LogP contribution in [0.1, 0.15) is 185 Å². The standard InChI is InChI=1S/C22H32O9.C18H27NO4S.C17H25NO2.C16H25NO2/c1-12(2)8-14-9-13(10-28-21(27)22(3,4)5)6-7-15(14)30-20-18(26)16(24)17(25)19(31-20)29-11-23;1-17(2,3)16(22)23-7-8-24-14-10-12(15(20)21)9-13(11-14)19-18(4,5)6;1-13(2)16(19)20-12-6-7-14-8-10-15(11-9-14)18-17(3,4)5;1-15(2,3)14(18)19-11-12-7-9-13(10-8-12)17-16(4,5)6/h6-7,9,11-12,16-20,24-26H,8,10H2,1-5H3;9-11,19H,7-8H2,1-6H3,(H,20,21);6-11,13,18H,12H2,1-5H3;7-10,17H,11H2,1-6H3/b;;7-6+;/t16-,17-,18+,19-,20+;;;/m0.../s1. The Morgan fingerprint density at radius 3 is 1.50 bits per heavy atom. The van der Waals surface area contributed by atoms with Crippen molar-refractivity contribution < 1.29 is 82.4 Å². The number of aliphatic hydroxyl groups is 3. The second-order valence-corrected chi connectivity index (χ2v) is 31.0. The predicted molar refractivity (Wildman–Crippen MR) is 370 cm³/mol. The highest BCUT2D eigenvalue weighted by Gasteiger charge is 2.46. The van der Waals surface area contributed by atoms with Crippen LogP contribution in [0.15, 0.2) is 95.9 Å². The second kappa shape index (κ2) is 37.2. The Balaban J connectivity index is 0.000000435. The molecular weight excluding hydrogens is 1220 g/mol. The van der Waals surface area contributed by atoms with E-state index in [1.54, 1.807) is 45.0 Å². The van der Waals surface area contributed by atoms with Crippen molar-refractivity contribution in [3.8, 4) is 5.75 Å². The number of hydrogen-bond donors (Lipinski definition) is 7. The molecule has 0 unspecified atom stereocenters. The number of aliphatic hydroxyl groups excluding tert-OH is 3. The van der Waals surface area contributed by atoms with E-state index in [4.69, 9.17) is 28.4 Å². The monoisotopic (exact) mass is 1330 g/mol. The van der Waals surface area contributed by atoms with Crippen LogP contribution in [0.3, 0.4) is 0 Å². The van der Waals surface area contributed by atoms with Gasteiger partial charge >= 0.3 is 29.8 Å². The van der Waals surface area contributed by atoms with E-state index in [-0.39, 0.29) is 71.0 Å². The Morgan fingerprint density at radius 1 is 0.564 bits per heavy atom. The topological polar surface area (TPSA) is 284 Å². The number of rotatable bonds is 22. The summed E-state index contributed by atoms with van der Waals surface area (Å²) >= 11 is 1.46. The molecule has 1 saturated heterocycles. The van der Waals surface area contributed by atoms with E-state index in [0.29, 0.717) is 37.7 Å². The second-order valence-electron chi connectivity index (χ2n) is 29.8. The molecule has 0 aliphatic carbocycles. The van der Waals surface area contributed by atoms with E-state index >= 15 is 0 Å². The van der Waals surface area contributed by atoms with E-state index in [1.807, 2.05) is 163 Å². The minimum Gasteiger partial charge on any atom is -0.478 e. The molecule has 5 atom stereocenters. The van der Waals surface area contributed by atoms with Gasteiger partial charge in [-0.3, -0.25) is 28.7 Å². The molecule has 7 N–H and O–H groups in total. The highest BCUT2D eigenvalue weighted by atomic mass is 32.2. The number of hydrogen-bond acceptors (Lipinski definition) is 20. The first-order valence-corrected chi connectivity index (χ1v) is 32.6. The van der Waals surface area contributed by atoms with Crippen molar-refractivity contribution in [2.24, 2.45) is 28.1 Å². The number of carboxylic acid groups (broad SMARTS) is 1. The van der Waals surface area contributed by atoms with Crippen molar-refractivity contribution in [1.29, 1.82) is 0 Å². The summed E-state index contributed by atoms with van der Waals surface area (Å²) in [6, 6.07) is 26.5. The zero-order chi connectivity index (χ0) is 71.7. The van der Waals surface area contributed by atoms with Gasteiger partial charge in [0.05, 0.1) is 27.7 Å². The lowest BCUT2D eigenvalue weighted by Crippen LogP contribution is -2.59. The van der Waals surface area contributed by atoms with Gasteiger partial charge < -0.3 is 64.8 Å². The number of esters is 4. The molecule has 0 saturated carbocycles. The van der Waals surface area contributed by atoms with Gasteiger partial charge in [0.25, 0.3) is 6.47 Å². The summed E-state index contributed by atoms with van der Waals surface area (Å²) in [7, 11) is 0. The number of ether oxygens (including phenoxy) is 7. The molecule has 1 fully saturated rings. The molecule has 20 nitrogen and oxygen atoms in total. The minimum absolute atomic E-state index is 0.0419. The summed E-state index contributed by atoms with van der Waals surface area (Å²) < 4.78 is 36.7. The number of aromatic carboxylic acids is 1. The quantitative estimate of drug-likeness (QED) is 0.0127. The summed E-state index contributed by atoms with van der Waals surface area (Å²) in [6.45, 7) is 43.9. The molecule has 524 valence electrons. The number of carboxylic acids is 1. The van der Waals surface area contributed by atoms with Crippen molar-refractivity contribution in [1.82, 2.24) is 0 Å². The maximum absolute atomic E-state index is 12.0. The van der Waals surface area contributed by atoms with Crippen LogP contribution in [0.25, 0.3) is 6.08 Å². The van der Waals surface area contributed by atoms with Gasteiger partial charge in [0.1, 0.15) is 50.5 Å². The summed E-state index contributed by atoms with van der Waals surface area (Å²) in [5, 5.41) is 49.5. The fraction of sp³-hybridized carbons (Fsp3) is 0.562. The lowest BCUT2D eigenvalue weighted by molar-refractivity contribution is -0.321. The summed E-state index contributed by atoms with van der Waals surface area (Å²) in [5.74, 6) is -0.714. The summed E-state index contributed by atoms with van der Waals surface area (Å²) in [4.78, 5) is 69.4. The van der Waals surface area contributed by atoms with Crippen molar-refractivity contribution in [3.63, 3.8) is 0 Å². The molecule has 0 spiro atoms. The number of anilines is 3. The third-order valence-electron chi connectivity index (χ3n) is 12.6. The number of benzene rings is 4. The molecule has 0 bridgehead atoms. The van der Waals surface area contributed by atoms with Crippen molar-refractivity contribution in [3.05, 3.63) is 119 Å². The molecule has 5 rings (SSSR count). The highest BCUT2D eigenvalue weighted by Crippen LogP contribution is 2.31. The Hall–Kier alpha value is -7.17. The highest BCUT2D eigenvalue weighted by molar-refractivity contribution is 7.99. The van der Waals surface area contributed by atoms with Gasteiger partial charge in [-0.1, -0.05) is 64.1 Å². The average molecular weight is 1330 g/mol. The smallest absolute Gasteiger partial charge is 0.335 e. The normalized spacial score (nSPS) is 16.7. The van der Waals surface area contributed by atoms with E-state index < -0.39 is 53.1 Å². The summed E-state index contributed by atoms with van der Waals surface area (Å²) in [5.41, 5.74) is 5.16. The lowest BCUT2D eigenvalue weighted by atomic mass is 9.97. The molecule has 1 heterocycles. The molecule has 0 radical (unpaired) electrons. The number of carbonyl (C=O) groups excluding carboxylic acids is 5. The van der Waals surface area contributed by atoms with E-state index in [2.05, 4.69) is 62.2 Å². The van der Waals surface area contributed by atoms with Crippen LogP contribution in [0.4, 0.5) is 17.1 Å². The molecule has 1 aliphatic heterocycles. The van der Waals surface area contributed by atoms with Gasteiger partial charge in [0.2, 0.25) is 12.6 Å². The SMILES string of the molecule is CC(C)(C)Nc1cc(SCCOC(=O)C(C)(C)C)cc(C(=O)O)c1.CC(C)(C)Nc1ccc(COC(=O)C(C)(C)C)cc1.CC(C)C(=O)OC/C=C/c1ccc(NC(C)(C)C)cc1.CC(C)Cc1cc(COC(=O)C(C)(C)C)ccc1O[C@@H]1O[C@H](OC=O)[C@@H](O)[C@H](O)[C@H]1O. The van der Waals surface area contributed by atoms with Crippen molar-refractivity contribution in [2.75, 3.05) is 34.9 Å².